The highest BCUT2D eigenvalue weighted by Gasteiger charge is 2.18. The maximum absolute atomic E-state index is 12.2. The second kappa shape index (κ2) is 9.20. The first-order valence-corrected chi connectivity index (χ1v) is 8.77. The van der Waals surface area contributed by atoms with E-state index in [4.69, 9.17) is 4.74 Å². The number of rotatable bonds is 6. The first kappa shape index (κ1) is 19.0. The monoisotopic (exact) mass is 346 g/mol. The van der Waals surface area contributed by atoms with Gasteiger partial charge in [-0.1, -0.05) is 25.3 Å². The second-order valence-corrected chi connectivity index (χ2v) is 6.37. The summed E-state index contributed by atoms with van der Waals surface area (Å²) in [6.07, 6.45) is 5.85. The molecule has 2 rings (SSSR count). The summed E-state index contributed by atoms with van der Waals surface area (Å²) in [5.74, 6) is -0.671. The van der Waals surface area contributed by atoms with Crippen LogP contribution < -0.4 is 10.2 Å². The number of hydrogen-bond acceptors (Lipinski definition) is 4. The Kier molecular flexibility index (Phi) is 6.98. The number of amides is 2. The summed E-state index contributed by atoms with van der Waals surface area (Å²) in [6.45, 7) is 1.72. The lowest BCUT2D eigenvalue weighted by Crippen LogP contribution is -2.39. The Morgan fingerprint density at radius 2 is 1.92 bits per heavy atom. The molecule has 0 unspecified atom stereocenters. The highest BCUT2D eigenvalue weighted by atomic mass is 16.5. The van der Waals surface area contributed by atoms with Gasteiger partial charge in [-0.15, -0.1) is 0 Å². The number of nitrogens with one attached hydrogen (secondary N) is 1. The number of esters is 1. The Bertz CT molecular complexity index is 624. The molecular formula is C19H26N2O4. The molecule has 6 nitrogen and oxygen atoms in total. The lowest BCUT2D eigenvalue weighted by atomic mass is 9.95. The first-order chi connectivity index (χ1) is 12.0. The topological polar surface area (TPSA) is 75.7 Å². The van der Waals surface area contributed by atoms with Crippen LogP contribution in [0.15, 0.2) is 24.3 Å². The van der Waals surface area contributed by atoms with E-state index < -0.39 is 5.97 Å². The van der Waals surface area contributed by atoms with Crippen molar-refractivity contribution in [3.8, 4) is 0 Å². The number of anilines is 1. The van der Waals surface area contributed by atoms with Gasteiger partial charge in [0.1, 0.15) is 0 Å². The Balaban J connectivity index is 1.97. The van der Waals surface area contributed by atoms with Crippen molar-refractivity contribution in [2.75, 3.05) is 18.6 Å². The normalized spacial score (nSPS) is 14.6. The fourth-order valence-corrected chi connectivity index (χ4v) is 3.15. The minimum absolute atomic E-state index is 0.0396. The molecule has 1 N–H and O–H groups in total. The van der Waals surface area contributed by atoms with E-state index in [2.05, 4.69) is 5.32 Å². The molecule has 0 aliphatic heterocycles. The van der Waals surface area contributed by atoms with E-state index in [1.165, 1.54) is 25.4 Å². The van der Waals surface area contributed by atoms with Gasteiger partial charge in [0, 0.05) is 31.6 Å². The number of hydrogen-bond donors (Lipinski definition) is 1. The van der Waals surface area contributed by atoms with Crippen LogP contribution in [0.2, 0.25) is 0 Å². The third-order valence-corrected chi connectivity index (χ3v) is 4.49. The van der Waals surface area contributed by atoms with Crippen molar-refractivity contribution in [3.63, 3.8) is 0 Å². The quantitative estimate of drug-likeness (QED) is 0.804. The number of benzene rings is 1. The average Bonchev–Trinajstić information content (AvgIpc) is 2.62. The molecule has 0 bridgehead atoms. The molecule has 0 heterocycles. The molecule has 136 valence electrons. The van der Waals surface area contributed by atoms with Crippen LogP contribution in [-0.2, 0) is 14.3 Å². The van der Waals surface area contributed by atoms with Gasteiger partial charge in [-0.25, -0.2) is 4.79 Å². The van der Waals surface area contributed by atoms with Gasteiger partial charge in [-0.3, -0.25) is 9.59 Å². The molecule has 0 saturated heterocycles. The van der Waals surface area contributed by atoms with Gasteiger partial charge < -0.3 is 15.0 Å². The van der Waals surface area contributed by atoms with Gasteiger partial charge in [0.2, 0.25) is 11.8 Å². The van der Waals surface area contributed by atoms with Gasteiger partial charge >= 0.3 is 5.97 Å². The van der Waals surface area contributed by atoms with Gasteiger partial charge in [0.25, 0.3) is 0 Å². The fraction of sp³-hybridized carbons (Fsp3) is 0.526. The van der Waals surface area contributed by atoms with Crippen LogP contribution in [0.4, 0.5) is 5.69 Å². The summed E-state index contributed by atoms with van der Waals surface area (Å²) in [6, 6.07) is 6.93. The lowest BCUT2D eigenvalue weighted by Gasteiger charge is -2.24. The smallest absolute Gasteiger partial charge is 0.337 e. The van der Waals surface area contributed by atoms with Crippen LogP contribution in [0, 0.1) is 0 Å². The lowest BCUT2D eigenvalue weighted by molar-refractivity contribution is -0.121. The molecule has 1 saturated carbocycles. The zero-order chi connectivity index (χ0) is 18.2. The molecule has 1 aromatic carbocycles. The molecule has 1 aliphatic carbocycles. The third-order valence-electron chi connectivity index (χ3n) is 4.49. The van der Waals surface area contributed by atoms with Crippen LogP contribution in [-0.4, -0.2) is 37.5 Å². The standard InChI is InChI=1S/C19H26N2O4/c1-14(22)21(17-10-6-7-15(13-17)19(24)25-2)12-11-18(23)20-16-8-4-3-5-9-16/h6-7,10,13,16H,3-5,8-9,11-12H2,1-2H3,(H,20,23). The Labute approximate surface area is 148 Å². The second-order valence-electron chi connectivity index (χ2n) is 6.37. The predicted molar refractivity (Wildman–Crippen MR) is 95.4 cm³/mol. The first-order valence-electron chi connectivity index (χ1n) is 8.77. The van der Waals surface area contributed by atoms with E-state index in [0.717, 1.165) is 25.7 Å². The van der Waals surface area contributed by atoms with Crippen molar-refractivity contribution in [1.29, 1.82) is 0 Å². The van der Waals surface area contributed by atoms with Crippen molar-refractivity contribution >= 4 is 23.5 Å². The Hall–Kier alpha value is -2.37. The molecule has 0 radical (unpaired) electrons. The molecule has 1 aliphatic rings. The van der Waals surface area contributed by atoms with Gasteiger partial charge in [0.15, 0.2) is 0 Å². The van der Waals surface area contributed by atoms with Crippen molar-refractivity contribution < 1.29 is 19.1 Å². The van der Waals surface area contributed by atoms with E-state index in [-0.39, 0.29) is 30.8 Å². The largest absolute Gasteiger partial charge is 0.465 e. The highest BCUT2D eigenvalue weighted by Crippen LogP contribution is 2.19. The summed E-state index contributed by atoms with van der Waals surface area (Å²) in [4.78, 5) is 37.3. The molecule has 1 fully saturated rings. The maximum atomic E-state index is 12.2. The van der Waals surface area contributed by atoms with Crippen molar-refractivity contribution in [2.24, 2.45) is 0 Å². The number of nitrogens with zero attached hydrogens (tertiary/aromatic N) is 1. The van der Waals surface area contributed by atoms with E-state index >= 15 is 0 Å². The predicted octanol–water partition coefficient (Wildman–Crippen LogP) is 2.67. The zero-order valence-electron chi connectivity index (χ0n) is 14.9. The minimum atomic E-state index is -0.458. The number of ether oxygens (including phenoxy) is 1. The van der Waals surface area contributed by atoms with E-state index in [1.54, 1.807) is 24.3 Å². The molecule has 1 aromatic rings. The summed E-state index contributed by atoms with van der Waals surface area (Å²) < 4.78 is 4.71. The van der Waals surface area contributed by atoms with E-state index in [0.29, 0.717) is 11.3 Å². The SMILES string of the molecule is COC(=O)c1cccc(N(CCC(=O)NC2CCCCC2)C(C)=O)c1. The van der Waals surface area contributed by atoms with Crippen LogP contribution >= 0.6 is 0 Å². The Morgan fingerprint density at radius 1 is 1.20 bits per heavy atom. The number of carbonyl (C=O) groups is 3. The minimum Gasteiger partial charge on any atom is -0.465 e. The summed E-state index contributed by atoms with van der Waals surface area (Å²) in [5.41, 5.74) is 0.957. The summed E-state index contributed by atoms with van der Waals surface area (Å²) in [7, 11) is 1.31. The molecule has 0 spiro atoms. The molecule has 2 amide bonds. The van der Waals surface area contributed by atoms with Crippen molar-refractivity contribution in [3.05, 3.63) is 29.8 Å². The van der Waals surface area contributed by atoms with Gasteiger partial charge in [-0.2, -0.15) is 0 Å². The zero-order valence-corrected chi connectivity index (χ0v) is 14.9. The maximum Gasteiger partial charge on any atom is 0.337 e. The van der Waals surface area contributed by atoms with Crippen LogP contribution in [0.25, 0.3) is 0 Å². The summed E-state index contributed by atoms with van der Waals surface area (Å²) in [5, 5.41) is 3.05. The van der Waals surface area contributed by atoms with Crippen molar-refractivity contribution in [2.45, 2.75) is 51.5 Å². The van der Waals surface area contributed by atoms with Crippen LogP contribution in [0.3, 0.4) is 0 Å². The Morgan fingerprint density at radius 3 is 2.56 bits per heavy atom. The van der Waals surface area contributed by atoms with Crippen LogP contribution in [0.1, 0.15) is 55.8 Å². The van der Waals surface area contributed by atoms with Crippen molar-refractivity contribution in [1.82, 2.24) is 5.32 Å². The molecule has 25 heavy (non-hydrogen) atoms. The average molecular weight is 346 g/mol. The number of carbonyl (C=O) groups excluding carboxylic acids is 3. The molecule has 0 aromatic heterocycles. The van der Waals surface area contributed by atoms with Gasteiger partial charge in [-0.05, 0) is 31.0 Å². The molecule has 6 heteroatoms. The summed E-state index contributed by atoms with van der Waals surface area (Å²) >= 11 is 0. The third kappa shape index (κ3) is 5.59. The van der Waals surface area contributed by atoms with Gasteiger partial charge in [0.05, 0.1) is 12.7 Å². The van der Waals surface area contributed by atoms with Crippen LogP contribution in [0.5, 0.6) is 0 Å². The number of methoxy groups -OCH3 is 1. The fourth-order valence-electron chi connectivity index (χ4n) is 3.15. The molecule has 0 atom stereocenters. The van der Waals surface area contributed by atoms with E-state index in [9.17, 15) is 14.4 Å². The van der Waals surface area contributed by atoms with E-state index in [1.807, 2.05) is 0 Å². The molecular weight excluding hydrogens is 320 g/mol. The highest BCUT2D eigenvalue weighted by molar-refractivity contribution is 5.95.